The summed E-state index contributed by atoms with van der Waals surface area (Å²) in [5.41, 5.74) is 0.108. The Bertz CT molecular complexity index is 1700. The van der Waals surface area contributed by atoms with Crippen LogP contribution in [0.25, 0.3) is 11.1 Å². The van der Waals surface area contributed by atoms with Crippen molar-refractivity contribution < 1.29 is 46.1 Å². The molecule has 0 bridgehead atoms. The zero-order chi connectivity index (χ0) is 34.0. The van der Waals surface area contributed by atoms with Gasteiger partial charge in [0.05, 0.1) is 32.3 Å². The lowest BCUT2D eigenvalue weighted by molar-refractivity contribution is -0.137. The summed E-state index contributed by atoms with van der Waals surface area (Å²) in [6.07, 6.45) is -3.76. The first kappa shape index (κ1) is 34.7. The van der Waals surface area contributed by atoms with E-state index in [2.05, 4.69) is 15.6 Å². The molecule has 0 aliphatic carbocycles. The molecule has 0 atom stereocenters. The van der Waals surface area contributed by atoms with Gasteiger partial charge in [-0.25, -0.2) is 9.37 Å². The molecule has 0 aliphatic rings. The summed E-state index contributed by atoms with van der Waals surface area (Å²) < 4.78 is 77.4. The molecule has 13 heteroatoms. The molecule has 1 heterocycles. The quantitative estimate of drug-likeness (QED) is 0.119. The third kappa shape index (κ3) is 9.66. The highest BCUT2D eigenvalue weighted by molar-refractivity contribution is 5.98. The van der Waals surface area contributed by atoms with Crippen LogP contribution in [0.15, 0.2) is 72.9 Å². The summed E-state index contributed by atoms with van der Waals surface area (Å²) in [4.78, 5) is 29.5. The van der Waals surface area contributed by atoms with Crippen molar-refractivity contribution in [3.8, 4) is 28.5 Å². The molecule has 0 saturated heterocycles. The SMILES string of the molecule is CCOc1cc(OCc2ccc(OC)cc2)ncc1-c1ccc(CC(=O)Nc2cc(C(=O)NCCOC)cc(C(F)(F)F)c2)c(F)c1. The minimum Gasteiger partial charge on any atom is -0.497 e. The van der Waals surface area contributed by atoms with Crippen molar-refractivity contribution in [1.82, 2.24) is 10.3 Å². The largest absolute Gasteiger partial charge is 0.497 e. The molecule has 248 valence electrons. The van der Waals surface area contributed by atoms with E-state index in [-0.39, 0.29) is 36.6 Å². The van der Waals surface area contributed by atoms with Crippen molar-refractivity contribution in [1.29, 1.82) is 0 Å². The highest BCUT2D eigenvalue weighted by atomic mass is 19.4. The average molecular weight is 656 g/mol. The molecule has 47 heavy (non-hydrogen) atoms. The number of alkyl halides is 3. The van der Waals surface area contributed by atoms with Crippen LogP contribution >= 0.6 is 0 Å². The van der Waals surface area contributed by atoms with Crippen molar-refractivity contribution in [2.75, 3.05) is 39.3 Å². The van der Waals surface area contributed by atoms with Gasteiger partial charge in [0.25, 0.3) is 5.91 Å². The first-order valence-corrected chi connectivity index (χ1v) is 14.5. The summed E-state index contributed by atoms with van der Waals surface area (Å²) in [6, 6.07) is 15.6. The second-order valence-electron chi connectivity index (χ2n) is 10.2. The van der Waals surface area contributed by atoms with E-state index in [0.29, 0.717) is 41.5 Å². The molecule has 4 rings (SSSR count). The van der Waals surface area contributed by atoms with Gasteiger partial charge < -0.3 is 29.6 Å². The minimum absolute atomic E-state index is 0.00104. The number of amides is 2. The Hall–Kier alpha value is -5.17. The maximum atomic E-state index is 15.2. The van der Waals surface area contributed by atoms with Crippen molar-refractivity contribution >= 4 is 17.5 Å². The monoisotopic (exact) mass is 655 g/mol. The molecular weight excluding hydrogens is 622 g/mol. The van der Waals surface area contributed by atoms with Crippen molar-refractivity contribution in [3.63, 3.8) is 0 Å². The van der Waals surface area contributed by atoms with Crippen molar-refractivity contribution in [3.05, 3.63) is 101 Å². The van der Waals surface area contributed by atoms with Gasteiger partial charge in [-0.3, -0.25) is 9.59 Å². The molecule has 4 aromatic rings. The molecule has 0 spiro atoms. The third-order valence-corrected chi connectivity index (χ3v) is 6.80. The van der Waals surface area contributed by atoms with E-state index in [9.17, 15) is 22.8 Å². The molecule has 0 radical (unpaired) electrons. The maximum Gasteiger partial charge on any atom is 0.416 e. The average Bonchev–Trinajstić information content (AvgIpc) is 3.04. The Morgan fingerprint density at radius 2 is 1.70 bits per heavy atom. The number of methoxy groups -OCH3 is 2. The van der Waals surface area contributed by atoms with E-state index in [1.807, 2.05) is 24.3 Å². The first-order chi connectivity index (χ1) is 22.5. The molecule has 0 saturated carbocycles. The van der Waals surface area contributed by atoms with Gasteiger partial charge in [-0.2, -0.15) is 13.2 Å². The molecular formula is C34H33F4N3O6. The van der Waals surface area contributed by atoms with Crippen molar-refractivity contribution in [2.45, 2.75) is 26.1 Å². The molecule has 0 aliphatic heterocycles. The smallest absolute Gasteiger partial charge is 0.416 e. The molecule has 9 nitrogen and oxygen atoms in total. The highest BCUT2D eigenvalue weighted by Crippen LogP contribution is 2.34. The number of carbonyl (C=O) groups excluding carboxylic acids is 2. The summed E-state index contributed by atoms with van der Waals surface area (Å²) in [7, 11) is 2.99. The van der Waals surface area contributed by atoms with Gasteiger partial charge in [0, 0.05) is 42.7 Å². The Morgan fingerprint density at radius 3 is 2.36 bits per heavy atom. The Morgan fingerprint density at radius 1 is 0.936 bits per heavy atom. The van der Waals surface area contributed by atoms with E-state index in [0.717, 1.165) is 17.4 Å². The van der Waals surface area contributed by atoms with Gasteiger partial charge in [-0.1, -0.05) is 24.3 Å². The van der Waals surface area contributed by atoms with Crippen LogP contribution in [-0.2, 0) is 28.7 Å². The minimum atomic E-state index is -4.78. The highest BCUT2D eigenvalue weighted by Gasteiger charge is 2.32. The fourth-order valence-electron chi connectivity index (χ4n) is 4.47. The predicted octanol–water partition coefficient (Wildman–Crippen LogP) is 6.45. The number of ether oxygens (including phenoxy) is 4. The second-order valence-corrected chi connectivity index (χ2v) is 10.2. The van der Waals surface area contributed by atoms with Crippen LogP contribution in [0.5, 0.6) is 17.4 Å². The third-order valence-electron chi connectivity index (χ3n) is 6.80. The Labute approximate surface area is 268 Å². The number of anilines is 1. The van der Waals surface area contributed by atoms with Gasteiger partial charge in [0.2, 0.25) is 11.8 Å². The van der Waals surface area contributed by atoms with Crippen LogP contribution in [-0.4, -0.2) is 50.8 Å². The molecule has 1 aromatic heterocycles. The topological polar surface area (TPSA) is 108 Å². The fourth-order valence-corrected chi connectivity index (χ4v) is 4.47. The van der Waals surface area contributed by atoms with Gasteiger partial charge in [-0.05, 0) is 60.0 Å². The number of benzene rings is 3. The van der Waals surface area contributed by atoms with Crippen LogP contribution < -0.4 is 24.8 Å². The van der Waals surface area contributed by atoms with Crippen LogP contribution in [0, 0.1) is 5.82 Å². The lowest BCUT2D eigenvalue weighted by Gasteiger charge is -2.14. The Balaban J connectivity index is 1.47. The number of hydrogen-bond acceptors (Lipinski definition) is 7. The normalized spacial score (nSPS) is 11.1. The van der Waals surface area contributed by atoms with Gasteiger partial charge in [0.1, 0.15) is 23.9 Å². The summed E-state index contributed by atoms with van der Waals surface area (Å²) in [6.45, 7) is 2.60. The van der Waals surface area contributed by atoms with E-state index >= 15 is 4.39 Å². The molecule has 0 fully saturated rings. The molecule has 0 unspecified atom stereocenters. The number of pyridine rings is 1. The van der Waals surface area contributed by atoms with Gasteiger partial charge >= 0.3 is 6.18 Å². The zero-order valence-electron chi connectivity index (χ0n) is 25.9. The standard InChI is InChI=1S/C34H33F4N3O6/c1-4-46-30-18-32(47-20-21-5-9-27(45-3)10-6-21)40-19-28(30)22-7-8-23(29(35)15-22)16-31(42)41-26-14-24(33(43)39-11-12-44-2)13-25(17-26)34(36,37)38/h5-10,13-15,17-19H,4,11-12,16,20H2,1-3H3,(H,39,43)(H,41,42). The lowest BCUT2D eigenvalue weighted by atomic mass is 10.0. The number of nitrogens with one attached hydrogen (secondary N) is 2. The Kier molecular flexibility index (Phi) is 11.7. The second kappa shape index (κ2) is 15.9. The summed E-state index contributed by atoms with van der Waals surface area (Å²) >= 11 is 0. The number of carbonyl (C=O) groups is 2. The van der Waals surface area contributed by atoms with Crippen LogP contribution in [0.2, 0.25) is 0 Å². The number of nitrogens with zero attached hydrogens (tertiary/aromatic N) is 1. The lowest BCUT2D eigenvalue weighted by Crippen LogP contribution is -2.27. The van der Waals surface area contributed by atoms with E-state index in [4.69, 9.17) is 18.9 Å². The van der Waals surface area contributed by atoms with Gasteiger partial charge in [-0.15, -0.1) is 0 Å². The van der Waals surface area contributed by atoms with Gasteiger partial charge in [0.15, 0.2) is 0 Å². The summed E-state index contributed by atoms with van der Waals surface area (Å²) in [5.74, 6) is -0.851. The molecule has 2 amide bonds. The zero-order valence-corrected chi connectivity index (χ0v) is 25.9. The number of rotatable bonds is 14. The fraction of sp³-hybridized carbons (Fsp3) is 0.265. The molecule has 2 N–H and O–H groups in total. The van der Waals surface area contributed by atoms with Crippen LogP contribution in [0.1, 0.15) is 34.0 Å². The van der Waals surface area contributed by atoms with E-state index in [1.54, 1.807) is 26.2 Å². The predicted molar refractivity (Wildman–Crippen MR) is 166 cm³/mol. The molecule has 3 aromatic carbocycles. The summed E-state index contributed by atoms with van der Waals surface area (Å²) in [5, 5.41) is 4.78. The van der Waals surface area contributed by atoms with E-state index < -0.39 is 35.8 Å². The number of hydrogen-bond donors (Lipinski definition) is 2. The number of halogens is 4. The van der Waals surface area contributed by atoms with E-state index in [1.165, 1.54) is 25.4 Å². The van der Waals surface area contributed by atoms with Crippen molar-refractivity contribution in [2.24, 2.45) is 0 Å². The first-order valence-electron chi connectivity index (χ1n) is 14.5. The van der Waals surface area contributed by atoms with Crippen LogP contribution in [0.3, 0.4) is 0 Å². The van der Waals surface area contributed by atoms with Crippen LogP contribution in [0.4, 0.5) is 23.2 Å². The maximum absolute atomic E-state index is 15.2. The number of aromatic nitrogens is 1.